The fraction of sp³-hybridized carbons (Fsp3) is 0.500. The standard InChI is InChI=1S/C12H16BrN/c1-8-2-3-11(13)7-10(8)4-9-5-12(14)6-9/h2-3,7,9,12H,4-6,14H2,1H3. The molecule has 0 unspecified atom stereocenters. The molecule has 1 aromatic rings. The van der Waals surface area contributed by atoms with E-state index in [0.29, 0.717) is 6.04 Å². The molecule has 1 saturated carbocycles. The number of aryl methyl sites for hydroxylation is 1. The summed E-state index contributed by atoms with van der Waals surface area (Å²) in [6.07, 6.45) is 3.59. The second-order valence-electron chi connectivity index (χ2n) is 4.37. The van der Waals surface area contributed by atoms with Crippen molar-refractivity contribution in [2.45, 2.75) is 32.2 Å². The van der Waals surface area contributed by atoms with Gasteiger partial charge in [0.05, 0.1) is 0 Å². The molecular formula is C12H16BrN. The van der Waals surface area contributed by atoms with Gasteiger partial charge in [-0.25, -0.2) is 0 Å². The van der Waals surface area contributed by atoms with Gasteiger partial charge >= 0.3 is 0 Å². The van der Waals surface area contributed by atoms with Gasteiger partial charge < -0.3 is 5.73 Å². The van der Waals surface area contributed by atoms with Crippen molar-refractivity contribution in [3.8, 4) is 0 Å². The molecule has 0 aromatic heterocycles. The zero-order chi connectivity index (χ0) is 10.1. The summed E-state index contributed by atoms with van der Waals surface area (Å²) in [6.45, 7) is 2.18. The van der Waals surface area contributed by atoms with E-state index in [4.69, 9.17) is 5.73 Å². The van der Waals surface area contributed by atoms with Gasteiger partial charge in [-0.1, -0.05) is 22.0 Å². The molecule has 1 nitrogen and oxygen atoms in total. The van der Waals surface area contributed by atoms with Crippen molar-refractivity contribution in [2.75, 3.05) is 0 Å². The van der Waals surface area contributed by atoms with Gasteiger partial charge in [-0.05, 0) is 55.4 Å². The first kappa shape index (κ1) is 10.2. The van der Waals surface area contributed by atoms with Crippen LogP contribution in [0.4, 0.5) is 0 Å². The first-order valence-electron chi connectivity index (χ1n) is 5.16. The molecule has 1 aliphatic rings. The number of nitrogens with two attached hydrogens (primary N) is 1. The average Bonchev–Trinajstić information content (AvgIpc) is 2.09. The van der Waals surface area contributed by atoms with Crippen LogP contribution in [0.25, 0.3) is 0 Å². The molecule has 0 amide bonds. The van der Waals surface area contributed by atoms with Crippen LogP contribution in [0.15, 0.2) is 22.7 Å². The summed E-state index contributed by atoms with van der Waals surface area (Å²) in [5.41, 5.74) is 8.65. The minimum atomic E-state index is 0.465. The number of rotatable bonds is 2. The van der Waals surface area contributed by atoms with Crippen LogP contribution < -0.4 is 5.73 Å². The summed E-state index contributed by atoms with van der Waals surface area (Å²) >= 11 is 3.51. The van der Waals surface area contributed by atoms with Crippen molar-refractivity contribution in [1.29, 1.82) is 0 Å². The summed E-state index contributed by atoms with van der Waals surface area (Å²) in [5, 5.41) is 0. The molecule has 0 radical (unpaired) electrons. The Morgan fingerprint density at radius 1 is 1.43 bits per heavy atom. The van der Waals surface area contributed by atoms with E-state index in [2.05, 4.69) is 41.1 Å². The maximum Gasteiger partial charge on any atom is 0.0178 e. The van der Waals surface area contributed by atoms with Crippen LogP contribution in [0.3, 0.4) is 0 Å². The topological polar surface area (TPSA) is 26.0 Å². The van der Waals surface area contributed by atoms with Crippen molar-refractivity contribution >= 4 is 15.9 Å². The Kier molecular flexibility index (Phi) is 2.93. The Bertz CT molecular complexity index is 329. The fourth-order valence-corrected chi connectivity index (χ4v) is 2.53. The molecule has 0 atom stereocenters. The van der Waals surface area contributed by atoms with Gasteiger partial charge in [0.2, 0.25) is 0 Å². The minimum Gasteiger partial charge on any atom is -0.328 e. The van der Waals surface area contributed by atoms with E-state index in [1.165, 1.54) is 34.9 Å². The molecule has 2 heteroatoms. The van der Waals surface area contributed by atoms with Crippen LogP contribution >= 0.6 is 15.9 Å². The summed E-state index contributed by atoms with van der Waals surface area (Å²) < 4.78 is 1.18. The number of hydrogen-bond donors (Lipinski definition) is 1. The maximum absolute atomic E-state index is 5.78. The van der Waals surface area contributed by atoms with Crippen molar-refractivity contribution in [3.63, 3.8) is 0 Å². The lowest BCUT2D eigenvalue weighted by molar-refractivity contribution is 0.264. The largest absolute Gasteiger partial charge is 0.328 e. The third-order valence-electron chi connectivity index (χ3n) is 3.09. The molecule has 0 bridgehead atoms. The monoisotopic (exact) mass is 253 g/mol. The Balaban J connectivity index is 2.05. The molecule has 1 aliphatic carbocycles. The SMILES string of the molecule is Cc1ccc(Br)cc1CC1CC(N)C1. The van der Waals surface area contributed by atoms with Crippen molar-refractivity contribution in [3.05, 3.63) is 33.8 Å². The quantitative estimate of drug-likeness (QED) is 0.862. The van der Waals surface area contributed by atoms with Gasteiger partial charge in [-0.3, -0.25) is 0 Å². The van der Waals surface area contributed by atoms with Crippen LogP contribution in [-0.4, -0.2) is 6.04 Å². The van der Waals surface area contributed by atoms with Crippen molar-refractivity contribution in [2.24, 2.45) is 11.7 Å². The third kappa shape index (κ3) is 2.18. The first-order chi connectivity index (χ1) is 6.65. The van der Waals surface area contributed by atoms with Crippen LogP contribution in [0.5, 0.6) is 0 Å². The molecule has 2 N–H and O–H groups in total. The minimum absolute atomic E-state index is 0.465. The van der Waals surface area contributed by atoms with Gasteiger partial charge in [-0.2, -0.15) is 0 Å². The highest BCUT2D eigenvalue weighted by molar-refractivity contribution is 9.10. The zero-order valence-electron chi connectivity index (χ0n) is 8.46. The van der Waals surface area contributed by atoms with Gasteiger partial charge in [0.25, 0.3) is 0 Å². The molecular weight excluding hydrogens is 238 g/mol. The average molecular weight is 254 g/mol. The predicted octanol–water partition coefficient (Wildman–Crippen LogP) is 3.04. The van der Waals surface area contributed by atoms with Gasteiger partial charge in [0.1, 0.15) is 0 Å². The summed E-state index contributed by atoms with van der Waals surface area (Å²) in [4.78, 5) is 0. The third-order valence-corrected chi connectivity index (χ3v) is 3.59. The second-order valence-corrected chi connectivity index (χ2v) is 5.29. The lowest BCUT2D eigenvalue weighted by Gasteiger charge is -2.32. The Morgan fingerprint density at radius 2 is 2.14 bits per heavy atom. The second kappa shape index (κ2) is 4.03. The molecule has 76 valence electrons. The Hall–Kier alpha value is -0.340. The summed E-state index contributed by atoms with van der Waals surface area (Å²) in [7, 11) is 0. The van der Waals surface area contributed by atoms with E-state index in [1.54, 1.807) is 0 Å². The van der Waals surface area contributed by atoms with Gasteiger partial charge in [0, 0.05) is 10.5 Å². The molecule has 1 fully saturated rings. The van der Waals surface area contributed by atoms with E-state index >= 15 is 0 Å². The van der Waals surface area contributed by atoms with E-state index in [1.807, 2.05) is 0 Å². The maximum atomic E-state index is 5.78. The van der Waals surface area contributed by atoms with Gasteiger partial charge in [-0.15, -0.1) is 0 Å². The van der Waals surface area contributed by atoms with Crippen LogP contribution in [0.2, 0.25) is 0 Å². The lowest BCUT2D eigenvalue weighted by atomic mass is 9.77. The van der Waals surface area contributed by atoms with E-state index in [-0.39, 0.29) is 0 Å². The highest BCUT2D eigenvalue weighted by Gasteiger charge is 2.26. The zero-order valence-corrected chi connectivity index (χ0v) is 10.0. The normalized spacial score (nSPS) is 25.9. The first-order valence-corrected chi connectivity index (χ1v) is 5.95. The van der Waals surface area contributed by atoms with E-state index in [9.17, 15) is 0 Å². The Morgan fingerprint density at radius 3 is 2.79 bits per heavy atom. The van der Waals surface area contributed by atoms with Crippen LogP contribution in [0, 0.1) is 12.8 Å². The molecule has 1 aromatic carbocycles. The fourth-order valence-electron chi connectivity index (χ4n) is 2.12. The van der Waals surface area contributed by atoms with E-state index in [0.717, 1.165) is 5.92 Å². The van der Waals surface area contributed by atoms with Crippen LogP contribution in [0.1, 0.15) is 24.0 Å². The molecule has 14 heavy (non-hydrogen) atoms. The molecule has 2 rings (SSSR count). The highest BCUT2D eigenvalue weighted by Crippen LogP contribution is 2.30. The summed E-state index contributed by atoms with van der Waals surface area (Å²) in [6, 6.07) is 6.98. The number of hydrogen-bond acceptors (Lipinski definition) is 1. The molecule has 0 saturated heterocycles. The van der Waals surface area contributed by atoms with Gasteiger partial charge in [0.15, 0.2) is 0 Å². The van der Waals surface area contributed by atoms with Crippen molar-refractivity contribution in [1.82, 2.24) is 0 Å². The van der Waals surface area contributed by atoms with Crippen molar-refractivity contribution < 1.29 is 0 Å². The highest BCUT2D eigenvalue weighted by atomic mass is 79.9. The lowest BCUT2D eigenvalue weighted by Crippen LogP contribution is -2.37. The molecule has 0 aliphatic heterocycles. The van der Waals surface area contributed by atoms with Crippen LogP contribution in [-0.2, 0) is 6.42 Å². The molecule has 0 spiro atoms. The Labute approximate surface area is 93.8 Å². The summed E-state index contributed by atoms with van der Waals surface area (Å²) in [5.74, 6) is 0.818. The smallest absolute Gasteiger partial charge is 0.0178 e. The predicted molar refractivity (Wildman–Crippen MR) is 63.3 cm³/mol. The van der Waals surface area contributed by atoms with E-state index < -0.39 is 0 Å². The number of halogens is 1. The molecule has 0 heterocycles. The number of benzene rings is 1.